The minimum absolute atomic E-state index is 0.670. The minimum Gasteiger partial charge on any atom is -0.456 e. The number of aromatic nitrogens is 1. The quantitative estimate of drug-likeness (QED) is 0.136. The lowest BCUT2D eigenvalue weighted by atomic mass is 9.93. The molecule has 0 saturated heterocycles. The van der Waals surface area contributed by atoms with Gasteiger partial charge in [0.05, 0.1) is 11.0 Å². The van der Waals surface area contributed by atoms with Crippen LogP contribution in [0.5, 0.6) is 0 Å². The molecule has 3 nitrogen and oxygen atoms in total. The zero-order chi connectivity index (χ0) is 49.0. The van der Waals surface area contributed by atoms with Crippen molar-refractivity contribution in [2.45, 2.75) is 6.54 Å². The van der Waals surface area contributed by atoms with Gasteiger partial charge >= 0.3 is 0 Å². The summed E-state index contributed by atoms with van der Waals surface area (Å²) in [5.41, 5.74) is 20.7. The number of hydrogen-bond acceptors (Lipinski definition) is 2. The topological polar surface area (TPSA) is 21.3 Å². The van der Waals surface area contributed by atoms with E-state index in [0.717, 1.165) is 39.0 Å². The van der Waals surface area contributed by atoms with Gasteiger partial charge in [-0.15, -0.1) is 0 Å². The van der Waals surface area contributed by atoms with Gasteiger partial charge in [0, 0.05) is 45.2 Å². The van der Waals surface area contributed by atoms with Crippen LogP contribution in [-0.2, 0) is 6.54 Å². The van der Waals surface area contributed by atoms with Crippen LogP contribution in [-0.4, -0.2) is 4.57 Å². The van der Waals surface area contributed by atoms with E-state index >= 15 is 0 Å². The number of para-hydroxylation sites is 2. The van der Waals surface area contributed by atoms with Crippen LogP contribution in [0.4, 0.5) is 11.4 Å². The Morgan fingerprint density at radius 1 is 0.311 bits per heavy atom. The third-order valence-corrected chi connectivity index (χ3v) is 14.9. The predicted octanol–water partition coefficient (Wildman–Crippen LogP) is 19.5. The molecule has 0 aliphatic rings. The van der Waals surface area contributed by atoms with Crippen LogP contribution >= 0.6 is 0 Å². The third kappa shape index (κ3) is 7.62. The molecule has 0 saturated carbocycles. The highest BCUT2D eigenvalue weighted by atomic mass is 16.3. The van der Waals surface area contributed by atoms with Crippen LogP contribution in [0.2, 0.25) is 0 Å². The normalized spacial score (nSPS) is 11.6. The van der Waals surface area contributed by atoms with Gasteiger partial charge in [-0.2, -0.15) is 0 Å². The summed E-state index contributed by atoms with van der Waals surface area (Å²) >= 11 is 0. The van der Waals surface area contributed by atoms with Crippen molar-refractivity contribution in [2.24, 2.45) is 0 Å². The fraction of sp³-hybridized carbons (Fsp3) is 0.0141. The van der Waals surface area contributed by atoms with Crippen molar-refractivity contribution in [1.82, 2.24) is 4.57 Å². The van der Waals surface area contributed by atoms with Crippen molar-refractivity contribution in [3.8, 4) is 61.3 Å². The summed E-state index contributed by atoms with van der Waals surface area (Å²) in [6, 6.07) is 101. The van der Waals surface area contributed by atoms with Gasteiger partial charge in [0.1, 0.15) is 11.2 Å². The van der Waals surface area contributed by atoms with Crippen LogP contribution in [0.3, 0.4) is 0 Å². The summed E-state index contributed by atoms with van der Waals surface area (Å²) in [5.74, 6) is 0. The van der Waals surface area contributed by atoms with Crippen LogP contribution in [0.1, 0.15) is 5.56 Å². The standard InChI is InChI=1S/C71H48N2O/c1-2-15-48(16-3-1)50-35-39-57(40-36-50)72(58-41-37-51(38-42-58)49-31-33-53(34-32-49)62-26-13-19-52-17-4-7-23-61(52)62)47-56-18-5-6-22-60(56)54-20-12-21-55(45-54)63-27-14-29-68-71(63)65-25-8-10-28-67(65)73(68)59-43-44-70-66(46-59)64-24-9-11-30-69(64)74-70/h1-46H,47H2. The molecule has 2 heterocycles. The molecule has 0 N–H and O–H groups in total. The number of rotatable bonds is 10. The Balaban J connectivity index is 0.823. The maximum absolute atomic E-state index is 6.25. The molecule has 0 atom stereocenters. The van der Waals surface area contributed by atoms with E-state index in [1.165, 1.54) is 93.8 Å². The van der Waals surface area contributed by atoms with E-state index in [4.69, 9.17) is 4.42 Å². The molecule has 0 radical (unpaired) electrons. The van der Waals surface area contributed by atoms with Crippen molar-refractivity contribution in [2.75, 3.05) is 4.90 Å². The Morgan fingerprint density at radius 3 is 1.61 bits per heavy atom. The van der Waals surface area contributed by atoms with Gasteiger partial charge in [-0.3, -0.25) is 0 Å². The zero-order valence-electron chi connectivity index (χ0n) is 40.6. The molecule has 0 amide bonds. The highest BCUT2D eigenvalue weighted by Gasteiger charge is 2.20. The predicted molar refractivity (Wildman–Crippen MR) is 311 cm³/mol. The zero-order valence-corrected chi connectivity index (χ0v) is 40.6. The summed E-state index contributed by atoms with van der Waals surface area (Å²) < 4.78 is 8.66. The van der Waals surface area contributed by atoms with Crippen molar-refractivity contribution in [3.05, 3.63) is 285 Å². The number of nitrogens with zero attached hydrogens (tertiary/aromatic N) is 2. The summed E-state index contributed by atoms with van der Waals surface area (Å²) in [5, 5.41) is 7.22. The van der Waals surface area contributed by atoms with Gasteiger partial charge in [0.2, 0.25) is 0 Å². The monoisotopic (exact) mass is 944 g/mol. The summed E-state index contributed by atoms with van der Waals surface area (Å²) in [6.07, 6.45) is 0. The van der Waals surface area contributed by atoms with Gasteiger partial charge in [-0.1, -0.05) is 212 Å². The van der Waals surface area contributed by atoms with E-state index in [1.807, 2.05) is 12.1 Å². The van der Waals surface area contributed by atoms with Crippen LogP contribution in [0, 0.1) is 0 Å². The second-order valence-corrected chi connectivity index (χ2v) is 19.2. The van der Waals surface area contributed by atoms with Crippen LogP contribution < -0.4 is 4.90 Å². The van der Waals surface area contributed by atoms with Crippen LogP contribution in [0.15, 0.2) is 283 Å². The fourth-order valence-corrected chi connectivity index (χ4v) is 11.3. The lowest BCUT2D eigenvalue weighted by Gasteiger charge is -2.27. The molecule has 3 heteroatoms. The van der Waals surface area contributed by atoms with E-state index in [1.54, 1.807) is 0 Å². The molecular formula is C71H48N2O. The molecule has 0 aliphatic heterocycles. The van der Waals surface area contributed by atoms with Gasteiger partial charge in [-0.25, -0.2) is 0 Å². The molecule has 74 heavy (non-hydrogen) atoms. The highest BCUT2D eigenvalue weighted by Crippen LogP contribution is 2.42. The molecular weight excluding hydrogens is 897 g/mol. The Kier molecular flexibility index (Phi) is 10.6. The minimum atomic E-state index is 0.670. The Morgan fingerprint density at radius 2 is 0.824 bits per heavy atom. The van der Waals surface area contributed by atoms with Crippen molar-refractivity contribution in [1.29, 1.82) is 0 Å². The summed E-state index contributed by atoms with van der Waals surface area (Å²) in [6.45, 7) is 0.670. The van der Waals surface area contributed by atoms with Gasteiger partial charge < -0.3 is 13.9 Å². The average Bonchev–Trinajstić information content (AvgIpc) is 4.05. The average molecular weight is 945 g/mol. The second kappa shape index (κ2) is 18.2. The number of furan rings is 1. The molecule has 0 fully saturated rings. The Hall–Kier alpha value is -9.70. The molecule has 12 aromatic carbocycles. The van der Waals surface area contributed by atoms with E-state index in [0.29, 0.717) is 6.54 Å². The SMILES string of the molecule is c1ccc(-c2ccc(N(Cc3ccccc3-c3cccc(-c4cccc5c4c4ccccc4n5-c4ccc5oc6ccccc6c5c4)c3)c3ccc(-c4ccc(-c5cccc6ccccc56)cc4)cc3)cc2)cc1. The summed E-state index contributed by atoms with van der Waals surface area (Å²) in [4.78, 5) is 2.45. The van der Waals surface area contributed by atoms with Crippen molar-refractivity contribution >= 4 is 65.9 Å². The van der Waals surface area contributed by atoms with Gasteiger partial charge in [0.25, 0.3) is 0 Å². The second-order valence-electron chi connectivity index (χ2n) is 19.2. The first kappa shape index (κ1) is 43.1. The largest absolute Gasteiger partial charge is 0.456 e. The van der Waals surface area contributed by atoms with Crippen LogP contribution in [0.25, 0.3) is 116 Å². The van der Waals surface area contributed by atoms with E-state index in [9.17, 15) is 0 Å². The van der Waals surface area contributed by atoms with Crippen molar-refractivity contribution < 1.29 is 4.42 Å². The molecule has 14 rings (SSSR count). The lowest BCUT2D eigenvalue weighted by Crippen LogP contribution is -2.17. The third-order valence-electron chi connectivity index (χ3n) is 14.9. The first-order valence-electron chi connectivity index (χ1n) is 25.4. The van der Waals surface area contributed by atoms with E-state index in [-0.39, 0.29) is 0 Å². The maximum atomic E-state index is 6.25. The number of hydrogen-bond donors (Lipinski definition) is 0. The molecule has 14 aromatic rings. The maximum Gasteiger partial charge on any atom is 0.135 e. The highest BCUT2D eigenvalue weighted by molar-refractivity contribution is 6.16. The fourth-order valence-electron chi connectivity index (χ4n) is 11.3. The Bertz CT molecular complexity index is 4370. The lowest BCUT2D eigenvalue weighted by molar-refractivity contribution is 0.669. The molecule has 2 aromatic heterocycles. The Labute approximate surface area is 430 Å². The molecule has 0 spiro atoms. The molecule has 348 valence electrons. The number of anilines is 2. The first-order chi connectivity index (χ1) is 36.7. The molecule has 0 unspecified atom stereocenters. The van der Waals surface area contributed by atoms with E-state index in [2.05, 4.69) is 276 Å². The van der Waals surface area contributed by atoms with Gasteiger partial charge in [0.15, 0.2) is 0 Å². The van der Waals surface area contributed by atoms with E-state index < -0.39 is 0 Å². The smallest absolute Gasteiger partial charge is 0.135 e. The number of fused-ring (bicyclic) bond motifs is 7. The van der Waals surface area contributed by atoms with Gasteiger partial charge in [-0.05, 0) is 139 Å². The first-order valence-corrected chi connectivity index (χ1v) is 25.4. The molecule has 0 bridgehead atoms. The van der Waals surface area contributed by atoms with Crippen molar-refractivity contribution in [3.63, 3.8) is 0 Å². The number of benzene rings is 12. The molecule has 0 aliphatic carbocycles. The summed E-state index contributed by atoms with van der Waals surface area (Å²) in [7, 11) is 0.